The van der Waals surface area contributed by atoms with Crippen LogP contribution in [0, 0.1) is 0 Å². The summed E-state index contributed by atoms with van der Waals surface area (Å²) >= 11 is 0. The van der Waals surface area contributed by atoms with Crippen molar-refractivity contribution in [1.29, 1.82) is 0 Å². The summed E-state index contributed by atoms with van der Waals surface area (Å²) in [5, 5.41) is 0. The minimum absolute atomic E-state index is 0.694. The van der Waals surface area contributed by atoms with Gasteiger partial charge in [-0.15, -0.1) is 0 Å². The van der Waals surface area contributed by atoms with Crippen LogP contribution in [0.2, 0.25) is 0 Å². The van der Waals surface area contributed by atoms with Crippen LogP contribution in [0.15, 0.2) is 60.7 Å². The zero-order valence-corrected chi connectivity index (χ0v) is 10.0. The Bertz CT molecular complexity index is 426. The lowest BCUT2D eigenvalue weighted by Crippen LogP contribution is -2.06. The molecule has 2 rings (SSSR count). The van der Waals surface area contributed by atoms with Crippen LogP contribution in [0.3, 0.4) is 0 Å². The van der Waals surface area contributed by atoms with Crippen molar-refractivity contribution in [3.63, 3.8) is 0 Å². The van der Waals surface area contributed by atoms with E-state index < -0.39 is 13.6 Å². The monoisotopic (exact) mass is 249 g/mol. The molecular weight excluding hydrogens is 235 g/mol. The first-order valence-corrected chi connectivity index (χ1v) is 6.97. The lowest BCUT2D eigenvalue weighted by Gasteiger charge is -2.17. The van der Waals surface area contributed by atoms with Crippen LogP contribution in [-0.4, -0.2) is 14.7 Å². The molecular formula is C13H14O3P+. The maximum atomic E-state index is 9.61. The molecule has 17 heavy (non-hydrogen) atoms. The van der Waals surface area contributed by atoms with Gasteiger partial charge in [0.15, 0.2) is 5.66 Å². The molecule has 0 spiro atoms. The minimum atomic E-state index is -3.97. The average Bonchev–Trinajstić information content (AvgIpc) is 2.30. The Balaban J connectivity index is 2.48. The Labute approximate surface area is 101 Å². The maximum absolute atomic E-state index is 9.61. The molecule has 0 saturated carbocycles. The third-order valence-electron chi connectivity index (χ3n) is 2.58. The van der Waals surface area contributed by atoms with Crippen LogP contribution in [0.4, 0.5) is 0 Å². The molecule has 2 aromatic rings. The number of benzene rings is 2. The van der Waals surface area contributed by atoms with Crippen molar-refractivity contribution in [2.75, 3.05) is 0 Å². The molecule has 0 atom stereocenters. The predicted molar refractivity (Wildman–Crippen MR) is 68.3 cm³/mol. The van der Waals surface area contributed by atoms with Crippen LogP contribution >= 0.6 is 7.94 Å². The lowest BCUT2D eigenvalue weighted by atomic mass is 10.0. The predicted octanol–water partition coefficient (Wildman–Crippen LogP) is 2.52. The molecule has 0 aliphatic rings. The van der Waals surface area contributed by atoms with Crippen LogP contribution < -0.4 is 0 Å². The van der Waals surface area contributed by atoms with Crippen molar-refractivity contribution in [2.45, 2.75) is 5.66 Å². The zero-order chi connectivity index (χ0) is 12.3. The van der Waals surface area contributed by atoms with Crippen LogP contribution in [0.25, 0.3) is 0 Å². The van der Waals surface area contributed by atoms with Crippen molar-refractivity contribution in [3.8, 4) is 0 Å². The zero-order valence-electron chi connectivity index (χ0n) is 9.14. The van der Waals surface area contributed by atoms with Gasteiger partial charge in [-0.3, -0.25) is 0 Å². The van der Waals surface area contributed by atoms with E-state index in [0.717, 1.165) is 0 Å². The summed E-state index contributed by atoms with van der Waals surface area (Å²) < 4.78 is 0. The first-order valence-electron chi connectivity index (χ1n) is 5.26. The first kappa shape index (κ1) is 12.2. The van der Waals surface area contributed by atoms with E-state index in [1.807, 2.05) is 12.1 Å². The molecule has 0 amide bonds. The molecule has 3 nitrogen and oxygen atoms in total. The second-order valence-corrected chi connectivity index (χ2v) is 5.58. The van der Waals surface area contributed by atoms with Gasteiger partial charge in [0, 0.05) is 11.1 Å². The van der Waals surface area contributed by atoms with Gasteiger partial charge in [0.05, 0.1) is 0 Å². The fraction of sp³-hybridized carbons (Fsp3) is 0.0769. The third-order valence-corrected chi connectivity index (χ3v) is 3.87. The van der Waals surface area contributed by atoms with Gasteiger partial charge in [0.1, 0.15) is 0 Å². The SMILES string of the molecule is O[P+](O)(O)C(c1ccccc1)c1ccccc1. The number of rotatable bonds is 3. The van der Waals surface area contributed by atoms with Gasteiger partial charge < -0.3 is 0 Å². The summed E-state index contributed by atoms with van der Waals surface area (Å²) in [6.07, 6.45) is 0. The van der Waals surface area contributed by atoms with Gasteiger partial charge >= 0.3 is 7.94 Å². The Morgan fingerprint density at radius 2 is 1.00 bits per heavy atom. The lowest BCUT2D eigenvalue weighted by molar-refractivity contribution is 0.321. The molecule has 3 N–H and O–H groups in total. The summed E-state index contributed by atoms with van der Waals surface area (Å²) in [5.41, 5.74) is 0.615. The van der Waals surface area contributed by atoms with Crippen molar-refractivity contribution >= 4 is 7.94 Å². The molecule has 0 saturated heterocycles. The van der Waals surface area contributed by atoms with E-state index in [4.69, 9.17) is 0 Å². The Morgan fingerprint density at radius 3 is 1.29 bits per heavy atom. The highest BCUT2D eigenvalue weighted by atomic mass is 31.2. The van der Waals surface area contributed by atoms with Gasteiger partial charge in [0.2, 0.25) is 0 Å². The minimum Gasteiger partial charge on any atom is -0.192 e. The van der Waals surface area contributed by atoms with Gasteiger partial charge in [-0.25, -0.2) is 0 Å². The average molecular weight is 249 g/mol. The topological polar surface area (TPSA) is 60.7 Å². The molecule has 4 heteroatoms. The molecule has 0 aromatic heterocycles. The molecule has 0 bridgehead atoms. The van der Waals surface area contributed by atoms with E-state index >= 15 is 0 Å². The van der Waals surface area contributed by atoms with Gasteiger partial charge in [-0.05, 0) is 0 Å². The standard InChI is InChI=1S/C13H14O3P/c14-17(15,16)13(11-7-3-1-4-8-11)12-9-5-2-6-10-12/h1-10,13-16H/q+1. The van der Waals surface area contributed by atoms with Crippen molar-refractivity contribution in [1.82, 2.24) is 0 Å². The van der Waals surface area contributed by atoms with E-state index in [1.54, 1.807) is 48.5 Å². The summed E-state index contributed by atoms with van der Waals surface area (Å²) in [6.45, 7) is 0. The van der Waals surface area contributed by atoms with Crippen molar-refractivity contribution in [3.05, 3.63) is 71.8 Å². The van der Waals surface area contributed by atoms with E-state index in [-0.39, 0.29) is 0 Å². The maximum Gasteiger partial charge on any atom is 0.416 e. The summed E-state index contributed by atoms with van der Waals surface area (Å²) in [7, 11) is -3.97. The van der Waals surface area contributed by atoms with E-state index in [2.05, 4.69) is 0 Å². The summed E-state index contributed by atoms with van der Waals surface area (Å²) in [4.78, 5) is 28.8. The van der Waals surface area contributed by atoms with Crippen LogP contribution in [0.5, 0.6) is 0 Å². The van der Waals surface area contributed by atoms with Crippen molar-refractivity contribution in [2.24, 2.45) is 0 Å². The molecule has 2 aromatic carbocycles. The molecule has 88 valence electrons. The molecule has 0 heterocycles. The first-order chi connectivity index (χ1) is 8.09. The van der Waals surface area contributed by atoms with Gasteiger partial charge in [0.25, 0.3) is 0 Å². The highest BCUT2D eigenvalue weighted by Gasteiger charge is 2.44. The molecule has 0 unspecified atom stereocenters. The second-order valence-electron chi connectivity index (χ2n) is 3.84. The summed E-state index contributed by atoms with van der Waals surface area (Å²) in [5.74, 6) is 0. The highest BCUT2D eigenvalue weighted by molar-refractivity contribution is 7.59. The van der Waals surface area contributed by atoms with Crippen LogP contribution in [0.1, 0.15) is 16.8 Å². The van der Waals surface area contributed by atoms with Gasteiger partial charge in [-0.2, -0.15) is 14.7 Å². The summed E-state index contributed by atoms with van der Waals surface area (Å²) in [6, 6.07) is 18.0. The van der Waals surface area contributed by atoms with Gasteiger partial charge in [-0.1, -0.05) is 60.7 Å². The number of hydrogen-bond donors (Lipinski definition) is 3. The van der Waals surface area contributed by atoms with E-state index in [9.17, 15) is 14.7 Å². The fourth-order valence-electron chi connectivity index (χ4n) is 1.86. The van der Waals surface area contributed by atoms with E-state index in [1.165, 1.54) is 0 Å². The number of hydrogen-bond acceptors (Lipinski definition) is 3. The smallest absolute Gasteiger partial charge is 0.192 e. The Kier molecular flexibility index (Phi) is 3.55. The molecule has 0 radical (unpaired) electrons. The fourth-order valence-corrected chi connectivity index (χ4v) is 3.01. The molecule has 0 fully saturated rings. The largest absolute Gasteiger partial charge is 0.416 e. The molecule has 0 aliphatic heterocycles. The molecule has 0 aliphatic carbocycles. The van der Waals surface area contributed by atoms with E-state index in [0.29, 0.717) is 11.1 Å². The Morgan fingerprint density at radius 1 is 0.647 bits per heavy atom. The Hall–Kier alpha value is -1.25. The normalized spacial score (nSPS) is 11.8. The quantitative estimate of drug-likeness (QED) is 0.732. The van der Waals surface area contributed by atoms with Crippen molar-refractivity contribution < 1.29 is 14.7 Å². The highest BCUT2D eigenvalue weighted by Crippen LogP contribution is 2.61. The second kappa shape index (κ2) is 4.94. The van der Waals surface area contributed by atoms with Crippen LogP contribution in [-0.2, 0) is 0 Å². The third kappa shape index (κ3) is 2.90.